The Labute approximate surface area is 108 Å². The molecule has 100 valence electrons. The first-order valence-electron chi connectivity index (χ1n) is 6.74. The van der Waals surface area contributed by atoms with E-state index in [1.807, 2.05) is 6.92 Å². The average Bonchev–Trinajstić information content (AvgIpc) is 2.41. The summed E-state index contributed by atoms with van der Waals surface area (Å²) in [6, 6.07) is 0.511. The zero-order valence-electron chi connectivity index (χ0n) is 11.2. The van der Waals surface area contributed by atoms with Crippen LogP contribution in [-0.2, 0) is 0 Å². The van der Waals surface area contributed by atoms with Crippen LogP contribution in [0.1, 0.15) is 39.0 Å². The van der Waals surface area contributed by atoms with Gasteiger partial charge in [0.05, 0.1) is 7.11 Å². The van der Waals surface area contributed by atoms with Gasteiger partial charge in [0.25, 0.3) is 0 Å². The zero-order chi connectivity index (χ0) is 12.8. The molecule has 5 nitrogen and oxygen atoms in total. The average molecular weight is 250 g/mol. The summed E-state index contributed by atoms with van der Waals surface area (Å²) in [6.07, 6.45) is 7.94. The van der Waals surface area contributed by atoms with E-state index in [1.165, 1.54) is 32.1 Å². The Bertz CT molecular complexity index is 377. The second kappa shape index (κ2) is 6.42. The third kappa shape index (κ3) is 3.03. The molecule has 2 rings (SSSR count). The van der Waals surface area contributed by atoms with Gasteiger partial charge in [-0.3, -0.25) is 0 Å². The molecule has 18 heavy (non-hydrogen) atoms. The lowest BCUT2D eigenvalue weighted by Crippen LogP contribution is -2.23. The van der Waals surface area contributed by atoms with Crippen molar-refractivity contribution in [3.05, 3.63) is 6.33 Å². The lowest BCUT2D eigenvalue weighted by molar-refractivity contribution is 0.411. The Kier molecular flexibility index (Phi) is 4.61. The summed E-state index contributed by atoms with van der Waals surface area (Å²) in [5, 5.41) is 6.67. The van der Waals surface area contributed by atoms with E-state index < -0.39 is 0 Å². The van der Waals surface area contributed by atoms with Crippen LogP contribution in [0.4, 0.5) is 11.6 Å². The minimum absolute atomic E-state index is 0.511. The van der Waals surface area contributed by atoms with Crippen LogP contribution in [0.2, 0.25) is 0 Å². The molecule has 1 aliphatic carbocycles. The van der Waals surface area contributed by atoms with E-state index in [0.29, 0.717) is 11.8 Å². The summed E-state index contributed by atoms with van der Waals surface area (Å²) in [4.78, 5) is 8.51. The van der Waals surface area contributed by atoms with E-state index in [0.717, 1.165) is 18.2 Å². The van der Waals surface area contributed by atoms with E-state index in [1.54, 1.807) is 13.4 Å². The number of anilines is 2. The van der Waals surface area contributed by atoms with Gasteiger partial charge in [0.1, 0.15) is 6.33 Å². The van der Waals surface area contributed by atoms with E-state index in [4.69, 9.17) is 4.74 Å². The first kappa shape index (κ1) is 12.9. The molecule has 0 aliphatic heterocycles. The molecule has 2 N–H and O–H groups in total. The summed E-state index contributed by atoms with van der Waals surface area (Å²) in [6.45, 7) is 2.85. The molecule has 5 heteroatoms. The highest BCUT2D eigenvalue weighted by molar-refractivity contribution is 5.63. The first-order valence-corrected chi connectivity index (χ1v) is 6.74. The van der Waals surface area contributed by atoms with Crippen molar-refractivity contribution in [2.24, 2.45) is 0 Å². The van der Waals surface area contributed by atoms with Crippen LogP contribution in [0.25, 0.3) is 0 Å². The SMILES string of the molecule is CCNc1ncnc(NC2CCCCC2)c1OC. The zero-order valence-corrected chi connectivity index (χ0v) is 11.2. The molecule has 0 atom stereocenters. The van der Waals surface area contributed by atoms with Crippen molar-refractivity contribution in [3.63, 3.8) is 0 Å². The Morgan fingerprint density at radius 2 is 1.94 bits per heavy atom. The first-order chi connectivity index (χ1) is 8.85. The predicted molar refractivity (Wildman–Crippen MR) is 73.2 cm³/mol. The number of nitrogens with zero attached hydrogens (tertiary/aromatic N) is 2. The smallest absolute Gasteiger partial charge is 0.204 e. The maximum absolute atomic E-state index is 5.42. The highest BCUT2D eigenvalue weighted by Crippen LogP contribution is 2.31. The maximum atomic E-state index is 5.42. The molecular formula is C13H22N4O. The van der Waals surface area contributed by atoms with Gasteiger partial charge in [-0.2, -0.15) is 0 Å². The quantitative estimate of drug-likeness (QED) is 0.841. The second-order valence-corrected chi connectivity index (χ2v) is 4.61. The van der Waals surface area contributed by atoms with Crippen molar-refractivity contribution < 1.29 is 4.74 Å². The standard InChI is InChI=1S/C13H22N4O/c1-3-14-12-11(18-2)13(16-9-15-12)17-10-7-5-4-6-8-10/h9-10H,3-8H2,1-2H3,(H2,14,15,16,17). The summed E-state index contributed by atoms with van der Waals surface area (Å²) < 4.78 is 5.42. The van der Waals surface area contributed by atoms with Crippen LogP contribution in [-0.4, -0.2) is 29.7 Å². The third-order valence-corrected chi connectivity index (χ3v) is 3.30. The van der Waals surface area contributed by atoms with Crippen LogP contribution in [0.15, 0.2) is 6.33 Å². The molecule has 1 aliphatic rings. The molecule has 1 aromatic heterocycles. The number of rotatable bonds is 5. The maximum Gasteiger partial charge on any atom is 0.204 e. The molecule has 1 aromatic rings. The number of methoxy groups -OCH3 is 1. The largest absolute Gasteiger partial charge is 0.490 e. The van der Waals surface area contributed by atoms with Gasteiger partial charge in [-0.05, 0) is 19.8 Å². The van der Waals surface area contributed by atoms with E-state index in [2.05, 4.69) is 20.6 Å². The van der Waals surface area contributed by atoms with Gasteiger partial charge in [-0.15, -0.1) is 0 Å². The van der Waals surface area contributed by atoms with Crippen molar-refractivity contribution in [1.29, 1.82) is 0 Å². The number of aromatic nitrogens is 2. The molecule has 0 spiro atoms. The summed E-state index contributed by atoms with van der Waals surface area (Å²) in [5.41, 5.74) is 0. The Morgan fingerprint density at radius 3 is 2.61 bits per heavy atom. The molecule has 0 saturated heterocycles. The molecule has 0 aromatic carbocycles. The molecule has 1 fully saturated rings. The lowest BCUT2D eigenvalue weighted by Gasteiger charge is -2.24. The molecule has 0 radical (unpaired) electrons. The molecule has 1 heterocycles. The van der Waals surface area contributed by atoms with Crippen LogP contribution in [0.5, 0.6) is 5.75 Å². The van der Waals surface area contributed by atoms with Crippen molar-refractivity contribution in [3.8, 4) is 5.75 Å². The van der Waals surface area contributed by atoms with Gasteiger partial charge in [0.15, 0.2) is 11.6 Å². The summed E-state index contributed by atoms with van der Waals surface area (Å²) >= 11 is 0. The third-order valence-electron chi connectivity index (χ3n) is 3.30. The Balaban J connectivity index is 2.12. The van der Waals surface area contributed by atoms with Crippen LogP contribution < -0.4 is 15.4 Å². The fourth-order valence-corrected chi connectivity index (χ4v) is 2.40. The number of hydrogen-bond donors (Lipinski definition) is 2. The minimum Gasteiger partial charge on any atom is -0.490 e. The van der Waals surface area contributed by atoms with Crippen LogP contribution in [0.3, 0.4) is 0 Å². The Hall–Kier alpha value is -1.52. The van der Waals surface area contributed by atoms with Gasteiger partial charge < -0.3 is 15.4 Å². The highest BCUT2D eigenvalue weighted by atomic mass is 16.5. The van der Waals surface area contributed by atoms with Gasteiger partial charge in [-0.1, -0.05) is 19.3 Å². The lowest BCUT2D eigenvalue weighted by atomic mass is 9.95. The number of nitrogens with one attached hydrogen (secondary N) is 2. The van der Waals surface area contributed by atoms with E-state index in [9.17, 15) is 0 Å². The molecule has 0 unspecified atom stereocenters. The van der Waals surface area contributed by atoms with Crippen molar-refractivity contribution in [1.82, 2.24) is 9.97 Å². The second-order valence-electron chi connectivity index (χ2n) is 4.61. The predicted octanol–water partition coefficient (Wildman–Crippen LogP) is 2.66. The monoisotopic (exact) mass is 250 g/mol. The summed E-state index contributed by atoms with van der Waals surface area (Å²) in [7, 11) is 1.66. The van der Waals surface area contributed by atoms with Gasteiger partial charge in [0, 0.05) is 12.6 Å². The van der Waals surface area contributed by atoms with Gasteiger partial charge in [-0.25, -0.2) is 9.97 Å². The normalized spacial score (nSPS) is 16.3. The molecule has 1 saturated carbocycles. The highest BCUT2D eigenvalue weighted by Gasteiger charge is 2.17. The van der Waals surface area contributed by atoms with Crippen molar-refractivity contribution >= 4 is 11.6 Å². The molecular weight excluding hydrogens is 228 g/mol. The number of ether oxygens (including phenoxy) is 1. The van der Waals surface area contributed by atoms with E-state index >= 15 is 0 Å². The molecule has 0 bridgehead atoms. The number of hydrogen-bond acceptors (Lipinski definition) is 5. The van der Waals surface area contributed by atoms with Crippen molar-refractivity contribution in [2.75, 3.05) is 24.3 Å². The minimum atomic E-state index is 0.511. The molecule has 0 amide bonds. The summed E-state index contributed by atoms with van der Waals surface area (Å²) in [5.74, 6) is 2.27. The fourth-order valence-electron chi connectivity index (χ4n) is 2.40. The van der Waals surface area contributed by atoms with Gasteiger partial charge >= 0.3 is 0 Å². The van der Waals surface area contributed by atoms with Crippen LogP contribution in [0, 0.1) is 0 Å². The fraction of sp³-hybridized carbons (Fsp3) is 0.692. The Morgan fingerprint density at radius 1 is 1.22 bits per heavy atom. The van der Waals surface area contributed by atoms with E-state index in [-0.39, 0.29) is 0 Å². The van der Waals surface area contributed by atoms with Crippen LogP contribution >= 0.6 is 0 Å². The van der Waals surface area contributed by atoms with Crippen molar-refractivity contribution in [2.45, 2.75) is 45.1 Å². The topological polar surface area (TPSA) is 59.1 Å². The van der Waals surface area contributed by atoms with Gasteiger partial charge in [0.2, 0.25) is 5.75 Å².